The van der Waals surface area contributed by atoms with E-state index in [0.717, 1.165) is 0 Å². The number of aliphatic hydroxyl groups excluding tert-OH is 1. The van der Waals surface area contributed by atoms with Gasteiger partial charge in [0, 0.05) is 19.0 Å². The number of carbonyl (C=O) groups excluding carboxylic acids is 1. The first kappa shape index (κ1) is 15.8. The first-order chi connectivity index (χ1) is 7.86. The summed E-state index contributed by atoms with van der Waals surface area (Å²) < 4.78 is 0. The first-order valence-corrected chi connectivity index (χ1v) is 5.17. The van der Waals surface area contributed by atoms with Crippen molar-refractivity contribution in [3.8, 4) is 0 Å². The molecule has 17 heavy (non-hydrogen) atoms. The van der Waals surface area contributed by atoms with Crippen molar-refractivity contribution in [3.63, 3.8) is 0 Å². The minimum absolute atomic E-state index is 0.0713. The Balaban J connectivity index is 3.82. The van der Waals surface area contributed by atoms with Gasteiger partial charge in [-0.25, -0.2) is 10.3 Å². The molecule has 0 rings (SSSR count). The van der Waals surface area contributed by atoms with Crippen LogP contribution >= 0.6 is 0 Å². The van der Waals surface area contributed by atoms with Crippen molar-refractivity contribution in [3.05, 3.63) is 0 Å². The summed E-state index contributed by atoms with van der Waals surface area (Å²) in [5.74, 6) is -1.73. The summed E-state index contributed by atoms with van der Waals surface area (Å²) in [7, 11) is 0. The number of carboxylic acid groups (broad SMARTS) is 1. The minimum Gasteiger partial charge on any atom is -0.479 e. The van der Waals surface area contributed by atoms with E-state index < -0.39 is 30.1 Å². The molecule has 0 aromatic heterocycles. The van der Waals surface area contributed by atoms with Gasteiger partial charge in [-0.1, -0.05) is 0 Å². The zero-order chi connectivity index (χ0) is 13.4. The van der Waals surface area contributed by atoms with Crippen molar-refractivity contribution < 1.29 is 24.6 Å². The molecule has 0 bridgehead atoms. The van der Waals surface area contributed by atoms with Gasteiger partial charge in [-0.15, -0.1) is 0 Å². The van der Waals surface area contributed by atoms with Gasteiger partial charge in [-0.05, 0) is 13.3 Å². The molecule has 0 heterocycles. The van der Waals surface area contributed by atoms with Crippen molar-refractivity contribution in [2.75, 3.05) is 6.54 Å². The van der Waals surface area contributed by atoms with Gasteiger partial charge in [0.1, 0.15) is 0 Å². The van der Waals surface area contributed by atoms with E-state index in [1.807, 2.05) is 5.48 Å². The smallest absolute Gasteiger partial charge is 0.335 e. The number of aliphatic hydroxyl groups is 1. The van der Waals surface area contributed by atoms with E-state index in [1.165, 1.54) is 6.92 Å². The van der Waals surface area contributed by atoms with E-state index in [0.29, 0.717) is 0 Å². The number of nitrogens with one attached hydrogen (secondary N) is 1. The molecule has 1 amide bonds. The van der Waals surface area contributed by atoms with Crippen LogP contribution in [0, 0.1) is 0 Å². The molecular formula is C9H19N3O5. The zero-order valence-electron chi connectivity index (χ0n) is 9.63. The van der Waals surface area contributed by atoms with Gasteiger partial charge in [-0.3, -0.25) is 9.63 Å². The number of rotatable bonds is 8. The highest BCUT2D eigenvalue weighted by Gasteiger charge is 2.16. The van der Waals surface area contributed by atoms with Crippen LogP contribution in [-0.4, -0.2) is 46.9 Å². The van der Waals surface area contributed by atoms with Crippen molar-refractivity contribution in [2.24, 2.45) is 11.5 Å². The Bertz CT molecular complexity index is 261. The van der Waals surface area contributed by atoms with E-state index in [1.54, 1.807) is 0 Å². The maximum atomic E-state index is 11.2. The van der Waals surface area contributed by atoms with Gasteiger partial charge >= 0.3 is 5.97 Å². The molecule has 0 fully saturated rings. The number of amides is 1. The van der Waals surface area contributed by atoms with Crippen molar-refractivity contribution in [1.82, 2.24) is 5.48 Å². The van der Waals surface area contributed by atoms with E-state index in [9.17, 15) is 14.7 Å². The maximum Gasteiger partial charge on any atom is 0.335 e. The molecule has 0 aromatic carbocycles. The van der Waals surface area contributed by atoms with Crippen LogP contribution in [0.1, 0.15) is 19.8 Å². The minimum atomic E-state index is -1.19. The topological polar surface area (TPSA) is 148 Å². The second-order valence-corrected chi connectivity index (χ2v) is 3.71. The Hall–Kier alpha value is -1.22. The highest BCUT2D eigenvalue weighted by Crippen LogP contribution is 1.99. The van der Waals surface area contributed by atoms with Crippen LogP contribution in [0.25, 0.3) is 0 Å². The average molecular weight is 249 g/mol. The largest absolute Gasteiger partial charge is 0.479 e. The highest BCUT2D eigenvalue weighted by molar-refractivity contribution is 5.76. The van der Waals surface area contributed by atoms with Gasteiger partial charge in [-0.2, -0.15) is 0 Å². The van der Waals surface area contributed by atoms with E-state index in [4.69, 9.17) is 16.6 Å². The third-order valence-electron chi connectivity index (χ3n) is 1.99. The van der Waals surface area contributed by atoms with E-state index in [-0.39, 0.29) is 19.4 Å². The summed E-state index contributed by atoms with van der Waals surface area (Å²) in [4.78, 5) is 26.2. The molecule has 0 saturated heterocycles. The molecule has 3 atom stereocenters. The molecule has 100 valence electrons. The highest BCUT2D eigenvalue weighted by atomic mass is 16.7. The summed E-state index contributed by atoms with van der Waals surface area (Å²) in [6.07, 6.45) is -1.77. The molecular weight excluding hydrogens is 230 g/mol. The molecule has 7 N–H and O–H groups in total. The monoisotopic (exact) mass is 249 g/mol. The first-order valence-electron chi connectivity index (χ1n) is 5.17. The zero-order valence-corrected chi connectivity index (χ0v) is 9.63. The molecule has 0 aliphatic carbocycles. The SMILES string of the molecule is CC(ONC(=O)C[C@H](N)C[C@@H](O)CN)C(=O)O. The van der Waals surface area contributed by atoms with Crippen LogP contribution in [0.3, 0.4) is 0 Å². The number of nitrogens with two attached hydrogens (primary N) is 2. The number of hydrogen-bond donors (Lipinski definition) is 5. The normalized spacial score (nSPS) is 16.0. The molecule has 0 radical (unpaired) electrons. The Labute approximate surface area is 98.9 Å². The van der Waals surface area contributed by atoms with E-state index in [2.05, 4.69) is 4.84 Å². The lowest BCUT2D eigenvalue weighted by Crippen LogP contribution is -2.38. The number of hydroxylamine groups is 1. The van der Waals surface area contributed by atoms with Crippen molar-refractivity contribution in [1.29, 1.82) is 0 Å². The summed E-state index contributed by atoms with van der Waals surface area (Å²) in [5, 5.41) is 17.7. The summed E-state index contributed by atoms with van der Waals surface area (Å²) in [6.45, 7) is 1.35. The van der Waals surface area contributed by atoms with Gasteiger partial charge in [0.05, 0.1) is 6.10 Å². The van der Waals surface area contributed by atoms with Crippen LogP contribution in [0.15, 0.2) is 0 Å². The quantitative estimate of drug-likeness (QED) is 0.310. The number of aliphatic carboxylic acids is 1. The van der Waals surface area contributed by atoms with Gasteiger partial charge in [0.2, 0.25) is 5.91 Å². The second kappa shape index (κ2) is 7.96. The van der Waals surface area contributed by atoms with Gasteiger partial charge in [0.25, 0.3) is 0 Å². The Morgan fingerprint density at radius 2 is 2.06 bits per heavy atom. The number of carboxylic acids is 1. The molecule has 0 aliphatic heterocycles. The molecule has 0 aromatic rings. The Morgan fingerprint density at radius 3 is 2.53 bits per heavy atom. The van der Waals surface area contributed by atoms with Gasteiger partial charge < -0.3 is 21.7 Å². The molecule has 1 unspecified atom stereocenters. The Kier molecular flexibility index (Phi) is 7.39. The van der Waals surface area contributed by atoms with Crippen LogP contribution in [0.5, 0.6) is 0 Å². The molecule has 8 heteroatoms. The molecule has 0 spiro atoms. The van der Waals surface area contributed by atoms with Crippen LogP contribution in [0.4, 0.5) is 0 Å². The second-order valence-electron chi connectivity index (χ2n) is 3.71. The standard InChI is InChI=1S/C9H19N3O5/c1-5(9(15)16)17-12-8(14)3-6(11)2-7(13)4-10/h5-7,13H,2-4,10-11H2,1H3,(H,12,14)(H,15,16)/t5?,6-,7-/m1/s1. The lowest BCUT2D eigenvalue weighted by Gasteiger charge is -2.15. The Morgan fingerprint density at radius 1 is 1.47 bits per heavy atom. The van der Waals surface area contributed by atoms with Crippen LogP contribution < -0.4 is 16.9 Å². The van der Waals surface area contributed by atoms with E-state index >= 15 is 0 Å². The van der Waals surface area contributed by atoms with Crippen molar-refractivity contribution >= 4 is 11.9 Å². The fraction of sp³-hybridized carbons (Fsp3) is 0.778. The lowest BCUT2D eigenvalue weighted by atomic mass is 10.1. The number of carbonyl (C=O) groups is 2. The maximum absolute atomic E-state index is 11.2. The molecule has 0 saturated carbocycles. The third kappa shape index (κ3) is 7.64. The fourth-order valence-electron chi connectivity index (χ4n) is 1.01. The van der Waals surface area contributed by atoms with Crippen molar-refractivity contribution in [2.45, 2.75) is 38.0 Å². The summed E-state index contributed by atoms with van der Waals surface area (Å²) in [6, 6.07) is -0.558. The average Bonchev–Trinajstić information content (AvgIpc) is 2.25. The van der Waals surface area contributed by atoms with Crippen LogP contribution in [-0.2, 0) is 14.4 Å². The number of hydrogen-bond acceptors (Lipinski definition) is 6. The predicted molar refractivity (Wildman–Crippen MR) is 58.6 cm³/mol. The molecule has 0 aliphatic rings. The predicted octanol–water partition coefficient (Wildman–Crippen LogP) is -2.07. The third-order valence-corrected chi connectivity index (χ3v) is 1.99. The van der Waals surface area contributed by atoms with Gasteiger partial charge in [0.15, 0.2) is 6.10 Å². The molecule has 8 nitrogen and oxygen atoms in total. The van der Waals surface area contributed by atoms with Crippen LogP contribution in [0.2, 0.25) is 0 Å². The fourth-order valence-corrected chi connectivity index (χ4v) is 1.01. The lowest BCUT2D eigenvalue weighted by molar-refractivity contribution is -0.158. The summed E-state index contributed by atoms with van der Waals surface area (Å²) in [5.41, 5.74) is 12.7. The summed E-state index contributed by atoms with van der Waals surface area (Å²) >= 11 is 0.